The Balaban J connectivity index is 1.59. The van der Waals surface area contributed by atoms with Crippen molar-refractivity contribution in [1.29, 1.82) is 0 Å². The molecule has 1 fully saturated rings. The van der Waals surface area contributed by atoms with Crippen molar-refractivity contribution in [2.45, 2.75) is 6.10 Å². The van der Waals surface area contributed by atoms with Gasteiger partial charge in [0.1, 0.15) is 23.4 Å². The van der Waals surface area contributed by atoms with Gasteiger partial charge < -0.3 is 18.9 Å². The molecule has 2 aromatic carbocycles. The van der Waals surface area contributed by atoms with Crippen LogP contribution in [0.25, 0.3) is 10.9 Å². The quantitative estimate of drug-likeness (QED) is 0.710. The van der Waals surface area contributed by atoms with Gasteiger partial charge in [0.25, 0.3) is 5.91 Å². The highest BCUT2D eigenvalue weighted by Gasteiger charge is 2.28. The van der Waals surface area contributed by atoms with Gasteiger partial charge in [0, 0.05) is 24.5 Å². The lowest BCUT2D eigenvalue weighted by Gasteiger charge is -2.33. The van der Waals surface area contributed by atoms with Crippen molar-refractivity contribution < 1.29 is 18.7 Å². The van der Waals surface area contributed by atoms with Crippen LogP contribution in [0.2, 0.25) is 0 Å². The zero-order valence-corrected chi connectivity index (χ0v) is 15.3. The third kappa shape index (κ3) is 3.28. The summed E-state index contributed by atoms with van der Waals surface area (Å²) in [6.07, 6.45) is -0.252. The smallest absolute Gasteiger partial charge is 0.270 e. The Morgan fingerprint density at radius 3 is 2.70 bits per heavy atom. The van der Waals surface area contributed by atoms with Crippen molar-refractivity contribution in [2.24, 2.45) is 7.05 Å². The Hall–Kier alpha value is -2.86. The summed E-state index contributed by atoms with van der Waals surface area (Å²) in [5, 5.41) is 0.962. The highest BCUT2D eigenvalue weighted by molar-refractivity contribution is 5.99. The molecule has 1 atom stereocenters. The normalized spacial score (nSPS) is 17.3. The number of nitrogens with zero attached hydrogens (tertiary/aromatic N) is 2. The van der Waals surface area contributed by atoms with Crippen molar-refractivity contribution in [1.82, 2.24) is 9.47 Å². The Morgan fingerprint density at radius 1 is 1.19 bits per heavy atom. The summed E-state index contributed by atoms with van der Waals surface area (Å²) < 4.78 is 26.1. The summed E-state index contributed by atoms with van der Waals surface area (Å²) in [5.41, 5.74) is 2.47. The summed E-state index contributed by atoms with van der Waals surface area (Å²) >= 11 is 0. The van der Waals surface area contributed by atoms with Crippen molar-refractivity contribution >= 4 is 16.8 Å². The molecule has 1 saturated heterocycles. The van der Waals surface area contributed by atoms with Gasteiger partial charge in [0.2, 0.25) is 0 Å². The second-order valence-electron chi connectivity index (χ2n) is 6.68. The van der Waals surface area contributed by atoms with Crippen LogP contribution < -0.4 is 4.74 Å². The number of fused-ring (bicyclic) bond motifs is 1. The van der Waals surface area contributed by atoms with Gasteiger partial charge in [-0.25, -0.2) is 4.39 Å². The maximum Gasteiger partial charge on any atom is 0.270 e. The molecule has 0 N–H and O–H groups in total. The number of hydrogen-bond donors (Lipinski definition) is 0. The number of carbonyl (C=O) groups is 1. The predicted octanol–water partition coefficient (Wildman–Crippen LogP) is 3.54. The molecular formula is C21H21FN2O3. The van der Waals surface area contributed by atoms with Crippen LogP contribution in [0.4, 0.5) is 4.39 Å². The van der Waals surface area contributed by atoms with Gasteiger partial charge in [-0.05, 0) is 42.0 Å². The summed E-state index contributed by atoms with van der Waals surface area (Å²) in [5.74, 6) is 0.436. The second kappa shape index (κ2) is 7.04. The van der Waals surface area contributed by atoms with Gasteiger partial charge in [0.05, 0.1) is 20.3 Å². The first-order valence-corrected chi connectivity index (χ1v) is 8.86. The van der Waals surface area contributed by atoms with Crippen LogP contribution in [0, 0.1) is 5.82 Å². The number of amides is 1. The number of aromatic nitrogens is 1. The minimum Gasteiger partial charge on any atom is -0.497 e. The summed E-state index contributed by atoms with van der Waals surface area (Å²) in [6.45, 7) is 1.42. The number of rotatable bonds is 3. The second-order valence-corrected chi connectivity index (χ2v) is 6.68. The molecule has 0 spiro atoms. The monoisotopic (exact) mass is 368 g/mol. The number of ether oxygens (including phenoxy) is 2. The zero-order chi connectivity index (χ0) is 19.0. The minimum absolute atomic E-state index is 0.0388. The number of hydrogen-bond acceptors (Lipinski definition) is 3. The molecule has 0 saturated carbocycles. The standard InChI is InChI=1S/C21H21FN2O3/c1-23-18-8-7-17(26-2)11-15(18)12-19(23)21(25)24-9-10-27-20(13-24)14-3-5-16(22)6-4-14/h3-8,11-12,20H,9-10,13H2,1-2H3/t20-/m0/s1. The number of benzene rings is 2. The molecule has 1 aliphatic heterocycles. The van der Waals surface area contributed by atoms with Crippen LogP contribution in [-0.2, 0) is 11.8 Å². The van der Waals surface area contributed by atoms with E-state index in [0.29, 0.717) is 25.4 Å². The average Bonchev–Trinajstić information content (AvgIpc) is 3.04. The number of halogens is 1. The number of methoxy groups -OCH3 is 1. The molecule has 6 heteroatoms. The Labute approximate surface area is 156 Å². The minimum atomic E-state index is -0.284. The molecule has 27 heavy (non-hydrogen) atoms. The zero-order valence-electron chi connectivity index (χ0n) is 15.3. The molecule has 0 bridgehead atoms. The summed E-state index contributed by atoms with van der Waals surface area (Å²) in [6, 6.07) is 13.9. The van der Waals surface area contributed by atoms with E-state index in [9.17, 15) is 9.18 Å². The average molecular weight is 368 g/mol. The fourth-order valence-corrected chi connectivity index (χ4v) is 3.53. The first kappa shape index (κ1) is 17.5. The molecule has 2 heterocycles. The topological polar surface area (TPSA) is 43.7 Å². The maximum absolute atomic E-state index is 13.2. The third-order valence-corrected chi connectivity index (χ3v) is 5.06. The van der Waals surface area contributed by atoms with E-state index in [1.165, 1.54) is 12.1 Å². The summed E-state index contributed by atoms with van der Waals surface area (Å²) in [7, 11) is 3.51. The van der Waals surface area contributed by atoms with Crippen LogP contribution in [0.3, 0.4) is 0 Å². The van der Waals surface area contributed by atoms with E-state index in [2.05, 4.69) is 0 Å². The van der Waals surface area contributed by atoms with Crippen LogP contribution in [0.5, 0.6) is 5.75 Å². The molecule has 0 radical (unpaired) electrons. The fraction of sp³-hybridized carbons (Fsp3) is 0.286. The highest BCUT2D eigenvalue weighted by atomic mass is 19.1. The molecule has 1 amide bonds. The van der Waals surface area contributed by atoms with Gasteiger partial charge in [-0.3, -0.25) is 4.79 Å². The van der Waals surface area contributed by atoms with Crippen LogP contribution in [-0.4, -0.2) is 42.2 Å². The number of morpholine rings is 1. The first-order chi connectivity index (χ1) is 13.1. The van der Waals surface area contributed by atoms with Crippen LogP contribution in [0.1, 0.15) is 22.2 Å². The van der Waals surface area contributed by atoms with Gasteiger partial charge >= 0.3 is 0 Å². The van der Waals surface area contributed by atoms with Crippen molar-refractivity contribution in [3.8, 4) is 5.75 Å². The lowest BCUT2D eigenvalue weighted by atomic mass is 10.1. The molecule has 1 aromatic heterocycles. The lowest BCUT2D eigenvalue weighted by molar-refractivity contribution is -0.0231. The molecule has 4 rings (SSSR count). The molecule has 1 aliphatic rings. The van der Waals surface area contributed by atoms with Crippen LogP contribution >= 0.6 is 0 Å². The van der Waals surface area contributed by atoms with Crippen LogP contribution in [0.15, 0.2) is 48.5 Å². The molecule has 0 aliphatic carbocycles. The van der Waals surface area contributed by atoms with E-state index < -0.39 is 0 Å². The SMILES string of the molecule is COc1ccc2c(c1)cc(C(=O)N1CCO[C@H](c3ccc(F)cc3)C1)n2C. The molecule has 3 aromatic rings. The summed E-state index contributed by atoms with van der Waals surface area (Å²) in [4.78, 5) is 14.9. The molecule has 140 valence electrons. The van der Waals surface area contributed by atoms with E-state index in [4.69, 9.17) is 9.47 Å². The Bertz CT molecular complexity index is 981. The van der Waals surface area contributed by atoms with Gasteiger partial charge in [-0.15, -0.1) is 0 Å². The number of carbonyl (C=O) groups excluding carboxylic acids is 1. The number of aryl methyl sites for hydroxylation is 1. The Kier molecular flexibility index (Phi) is 4.58. The van der Waals surface area contributed by atoms with Gasteiger partial charge in [-0.1, -0.05) is 12.1 Å². The first-order valence-electron chi connectivity index (χ1n) is 8.86. The molecule has 0 unspecified atom stereocenters. The van der Waals surface area contributed by atoms with Crippen molar-refractivity contribution in [3.05, 3.63) is 65.6 Å². The molecular weight excluding hydrogens is 347 g/mol. The highest BCUT2D eigenvalue weighted by Crippen LogP contribution is 2.27. The maximum atomic E-state index is 13.2. The fourth-order valence-electron chi connectivity index (χ4n) is 3.53. The lowest BCUT2D eigenvalue weighted by Crippen LogP contribution is -2.42. The van der Waals surface area contributed by atoms with Crippen molar-refractivity contribution in [2.75, 3.05) is 26.8 Å². The van der Waals surface area contributed by atoms with E-state index in [1.54, 1.807) is 24.1 Å². The van der Waals surface area contributed by atoms with E-state index in [1.807, 2.05) is 35.9 Å². The van der Waals surface area contributed by atoms with E-state index in [-0.39, 0.29) is 17.8 Å². The Morgan fingerprint density at radius 2 is 1.96 bits per heavy atom. The van der Waals surface area contributed by atoms with Gasteiger partial charge in [-0.2, -0.15) is 0 Å². The third-order valence-electron chi connectivity index (χ3n) is 5.06. The van der Waals surface area contributed by atoms with E-state index >= 15 is 0 Å². The molecule has 5 nitrogen and oxygen atoms in total. The van der Waals surface area contributed by atoms with Crippen molar-refractivity contribution in [3.63, 3.8) is 0 Å². The predicted molar refractivity (Wildman–Crippen MR) is 100 cm³/mol. The van der Waals surface area contributed by atoms with Gasteiger partial charge in [0.15, 0.2) is 0 Å². The van der Waals surface area contributed by atoms with E-state index in [0.717, 1.165) is 22.2 Å². The largest absolute Gasteiger partial charge is 0.497 e.